The molecule has 0 aromatic heterocycles. The van der Waals surface area contributed by atoms with Crippen LogP contribution in [-0.4, -0.2) is 26.2 Å². The topological polar surface area (TPSA) is 52.6 Å². The second kappa shape index (κ2) is 5.53. The smallest absolute Gasteiger partial charge is 0.324 e. The minimum atomic E-state index is -1.40. The zero-order valence-electron chi connectivity index (χ0n) is 10.1. The highest BCUT2D eigenvalue weighted by Crippen LogP contribution is 2.41. The predicted octanol–water partition coefficient (Wildman–Crippen LogP) is 1.31. The Morgan fingerprint density at radius 2 is 2.00 bits per heavy atom. The summed E-state index contributed by atoms with van der Waals surface area (Å²) in [7, 11) is 2.49. The number of ether oxygens (including phenoxy) is 2. The van der Waals surface area contributed by atoms with Gasteiger partial charge in [-0.25, -0.2) is 0 Å². The Labute approximate surface area is 101 Å². The molecule has 0 saturated carbocycles. The number of esters is 2. The fourth-order valence-corrected chi connectivity index (χ4v) is 2.23. The van der Waals surface area contributed by atoms with Gasteiger partial charge in [0.05, 0.1) is 14.2 Å². The maximum atomic E-state index is 12.0. The Balaban J connectivity index is 3.19. The van der Waals surface area contributed by atoms with Crippen molar-refractivity contribution in [1.29, 1.82) is 0 Å². The van der Waals surface area contributed by atoms with Crippen molar-refractivity contribution in [2.24, 2.45) is 11.3 Å². The molecule has 0 spiro atoms. The van der Waals surface area contributed by atoms with Crippen LogP contribution in [0.25, 0.3) is 0 Å². The van der Waals surface area contributed by atoms with Crippen LogP contribution in [0.5, 0.6) is 0 Å². The van der Waals surface area contributed by atoms with Gasteiger partial charge in [-0.05, 0) is 12.8 Å². The molecule has 0 amide bonds. The maximum Gasteiger partial charge on any atom is 0.324 e. The van der Waals surface area contributed by atoms with E-state index in [0.717, 1.165) is 6.42 Å². The number of hydrogen-bond acceptors (Lipinski definition) is 4. The lowest BCUT2D eigenvalue weighted by atomic mass is 9.72. The van der Waals surface area contributed by atoms with Gasteiger partial charge in [0.25, 0.3) is 0 Å². The molecule has 17 heavy (non-hydrogen) atoms. The maximum absolute atomic E-state index is 12.0. The molecular weight excluding hydrogens is 220 g/mol. The van der Waals surface area contributed by atoms with Gasteiger partial charge in [-0.1, -0.05) is 12.2 Å². The Bertz CT molecular complexity index is 359. The van der Waals surface area contributed by atoms with Crippen molar-refractivity contribution in [3.8, 4) is 12.3 Å². The fraction of sp³-hybridized carbons (Fsp3) is 0.538. The average molecular weight is 236 g/mol. The van der Waals surface area contributed by atoms with Gasteiger partial charge in [0.15, 0.2) is 5.41 Å². The number of rotatable bonds is 4. The molecule has 0 bridgehead atoms. The van der Waals surface area contributed by atoms with Crippen molar-refractivity contribution in [1.82, 2.24) is 0 Å². The molecule has 1 rings (SSSR count). The Morgan fingerprint density at radius 1 is 1.41 bits per heavy atom. The van der Waals surface area contributed by atoms with E-state index in [2.05, 4.69) is 5.92 Å². The summed E-state index contributed by atoms with van der Waals surface area (Å²) in [6.07, 6.45) is 10.6. The van der Waals surface area contributed by atoms with E-state index >= 15 is 0 Å². The first kappa shape index (κ1) is 13.3. The van der Waals surface area contributed by atoms with Crippen LogP contribution < -0.4 is 0 Å². The van der Waals surface area contributed by atoms with Crippen molar-refractivity contribution in [2.45, 2.75) is 19.3 Å². The lowest BCUT2D eigenvalue weighted by Gasteiger charge is -2.31. The highest BCUT2D eigenvalue weighted by atomic mass is 16.5. The number of allylic oxidation sites excluding steroid dienone is 2. The molecule has 92 valence electrons. The number of terminal acetylenes is 1. The van der Waals surface area contributed by atoms with Gasteiger partial charge >= 0.3 is 11.9 Å². The molecule has 0 aromatic rings. The Hall–Kier alpha value is -1.76. The van der Waals surface area contributed by atoms with Crippen molar-refractivity contribution < 1.29 is 19.1 Å². The predicted molar refractivity (Wildman–Crippen MR) is 61.8 cm³/mol. The summed E-state index contributed by atoms with van der Waals surface area (Å²) in [6, 6.07) is 0. The van der Waals surface area contributed by atoms with Gasteiger partial charge in [-0.15, -0.1) is 12.3 Å². The van der Waals surface area contributed by atoms with Gasteiger partial charge in [0, 0.05) is 12.3 Å². The first-order valence-electron chi connectivity index (χ1n) is 5.40. The average Bonchev–Trinajstić information content (AvgIpc) is 2.88. The van der Waals surface area contributed by atoms with Crippen LogP contribution >= 0.6 is 0 Å². The van der Waals surface area contributed by atoms with Crippen LogP contribution in [0, 0.1) is 23.7 Å². The molecule has 1 atom stereocenters. The largest absolute Gasteiger partial charge is 0.468 e. The third kappa shape index (κ3) is 2.19. The van der Waals surface area contributed by atoms with Crippen molar-refractivity contribution in [3.05, 3.63) is 12.2 Å². The van der Waals surface area contributed by atoms with Crippen LogP contribution in [0.3, 0.4) is 0 Å². The van der Waals surface area contributed by atoms with Gasteiger partial charge in [-0.3, -0.25) is 9.59 Å². The van der Waals surface area contributed by atoms with Crippen molar-refractivity contribution in [2.75, 3.05) is 14.2 Å². The minimum absolute atomic E-state index is 0.0125. The van der Waals surface area contributed by atoms with Crippen LogP contribution in [0.15, 0.2) is 12.2 Å². The molecule has 0 radical (unpaired) electrons. The molecule has 1 aliphatic carbocycles. The molecule has 0 saturated heterocycles. The Kier molecular flexibility index (Phi) is 4.33. The summed E-state index contributed by atoms with van der Waals surface area (Å²) in [5.41, 5.74) is -1.40. The fourth-order valence-electron chi connectivity index (χ4n) is 2.23. The number of carbonyl (C=O) groups excluding carboxylic acids is 2. The van der Waals surface area contributed by atoms with E-state index in [1.54, 1.807) is 0 Å². The van der Waals surface area contributed by atoms with E-state index in [1.807, 2.05) is 12.2 Å². The van der Waals surface area contributed by atoms with E-state index in [4.69, 9.17) is 15.9 Å². The highest BCUT2D eigenvalue weighted by molar-refractivity contribution is 6.01. The lowest BCUT2D eigenvalue weighted by Crippen LogP contribution is -2.46. The van der Waals surface area contributed by atoms with Crippen molar-refractivity contribution in [3.63, 3.8) is 0 Å². The Morgan fingerprint density at radius 3 is 2.35 bits per heavy atom. The standard InChI is InChI=1S/C13H16O4/c1-4-9-13(11(14)16-2,12(15)17-3)10-7-5-6-8-10/h1,5,7,10H,6,8-9H2,2-3H3. The number of carbonyl (C=O) groups is 2. The molecule has 4 nitrogen and oxygen atoms in total. The van der Waals surface area contributed by atoms with Gasteiger partial charge < -0.3 is 9.47 Å². The third-order valence-corrected chi connectivity index (χ3v) is 3.13. The quantitative estimate of drug-likeness (QED) is 0.319. The highest BCUT2D eigenvalue weighted by Gasteiger charge is 2.53. The molecule has 4 heteroatoms. The molecule has 0 fully saturated rings. The van der Waals surface area contributed by atoms with E-state index < -0.39 is 17.4 Å². The SMILES string of the molecule is C#CCC(C(=O)OC)(C(=O)OC)C1C=CCC1. The van der Waals surface area contributed by atoms with Crippen molar-refractivity contribution >= 4 is 11.9 Å². The monoisotopic (exact) mass is 236 g/mol. The van der Waals surface area contributed by atoms with E-state index in [0.29, 0.717) is 6.42 Å². The molecule has 0 aromatic carbocycles. The third-order valence-electron chi connectivity index (χ3n) is 3.13. The van der Waals surface area contributed by atoms with Crippen LogP contribution in [0.4, 0.5) is 0 Å². The summed E-state index contributed by atoms with van der Waals surface area (Å²) < 4.78 is 9.47. The molecular formula is C13H16O4. The molecule has 1 aliphatic rings. The van der Waals surface area contributed by atoms with Gasteiger partial charge in [-0.2, -0.15) is 0 Å². The van der Waals surface area contributed by atoms with Gasteiger partial charge in [0.2, 0.25) is 0 Å². The van der Waals surface area contributed by atoms with E-state index in [-0.39, 0.29) is 12.3 Å². The van der Waals surface area contributed by atoms with E-state index in [9.17, 15) is 9.59 Å². The molecule has 0 N–H and O–H groups in total. The summed E-state index contributed by atoms with van der Waals surface area (Å²) in [6.45, 7) is 0. The van der Waals surface area contributed by atoms with E-state index in [1.165, 1.54) is 14.2 Å². The minimum Gasteiger partial charge on any atom is -0.468 e. The van der Waals surface area contributed by atoms with Crippen LogP contribution in [-0.2, 0) is 19.1 Å². The molecule has 0 aliphatic heterocycles. The normalized spacial score (nSPS) is 18.5. The summed E-state index contributed by atoms with van der Waals surface area (Å²) >= 11 is 0. The zero-order valence-corrected chi connectivity index (χ0v) is 10.1. The van der Waals surface area contributed by atoms with Crippen LogP contribution in [0.2, 0.25) is 0 Å². The zero-order chi connectivity index (χ0) is 12.9. The first-order chi connectivity index (χ1) is 8.13. The lowest BCUT2D eigenvalue weighted by molar-refractivity contribution is -0.172. The van der Waals surface area contributed by atoms with Crippen LogP contribution in [0.1, 0.15) is 19.3 Å². The molecule has 1 unspecified atom stereocenters. The number of methoxy groups -OCH3 is 2. The summed E-state index contributed by atoms with van der Waals surface area (Å²) in [5, 5.41) is 0. The van der Waals surface area contributed by atoms with Gasteiger partial charge in [0.1, 0.15) is 0 Å². The molecule has 0 heterocycles. The second-order valence-corrected chi connectivity index (χ2v) is 3.95. The first-order valence-corrected chi connectivity index (χ1v) is 5.40. The second-order valence-electron chi connectivity index (χ2n) is 3.95. The summed E-state index contributed by atoms with van der Waals surface area (Å²) in [4.78, 5) is 23.9. The summed E-state index contributed by atoms with van der Waals surface area (Å²) in [5.74, 6) is 0.877. The number of hydrogen-bond donors (Lipinski definition) is 0.